The number of pyridine rings is 1. The fraction of sp³-hybridized carbons (Fsp3) is 0.312. The first kappa shape index (κ1) is 15.3. The Morgan fingerprint density at radius 2 is 2.42 bits per heavy atom. The number of anilines is 1. The van der Waals surface area contributed by atoms with Crippen molar-refractivity contribution in [3.8, 4) is 0 Å². The van der Waals surface area contributed by atoms with Crippen LogP contribution in [0.25, 0.3) is 5.65 Å². The second-order valence-corrected chi connectivity index (χ2v) is 6.63. The predicted molar refractivity (Wildman–Crippen MR) is 91.6 cm³/mol. The maximum Gasteiger partial charge on any atom is 0.185 e. The number of hydrogen-bond donors (Lipinski definition) is 1. The molecule has 1 fully saturated rings. The van der Waals surface area contributed by atoms with Crippen LogP contribution in [0.4, 0.5) is 5.82 Å². The smallest absolute Gasteiger partial charge is 0.185 e. The third-order valence-electron chi connectivity index (χ3n) is 4.11. The molecule has 0 aliphatic carbocycles. The van der Waals surface area contributed by atoms with Gasteiger partial charge in [-0.25, -0.2) is 4.98 Å². The van der Waals surface area contributed by atoms with E-state index in [-0.39, 0.29) is 0 Å². The second-order valence-electron chi connectivity index (χ2n) is 5.78. The molecule has 1 aliphatic heterocycles. The van der Waals surface area contributed by atoms with Crippen molar-refractivity contribution in [2.24, 2.45) is 0 Å². The van der Waals surface area contributed by atoms with E-state index in [9.17, 15) is 5.21 Å². The molecule has 1 aliphatic rings. The summed E-state index contributed by atoms with van der Waals surface area (Å²) in [6.07, 6.45) is 5.73. The molecule has 0 aromatic carbocycles. The molecule has 0 bridgehead atoms. The Morgan fingerprint density at radius 3 is 3.21 bits per heavy atom. The number of aromatic nitrogens is 4. The molecule has 1 atom stereocenters. The van der Waals surface area contributed by atoms with Gasteiger partial charge in [-0.15, -0.1) is 0 Å². The molecule has 7 nitrogen and oxygen atoms in total. The quantitative estimate of drug-likeness (QED) is 0.546. The number of fused-ring (bicyclic) bond motifs is 1. The Balaban J connectivity index is 1.67. The largest absolute Gasteiger partial charge is 0.619 e. The SMILES string of the molecule is [O-][n+]1cccc(CNc2cc(C3CCOC3)nc3c(Br)cnn23)c1. The molecule has 1 saturated heterocycles. The maximum atomic E-state index is 11.4. The van der Waals surface area contributed by atoms with Gasteiger partial charge in [-0.05, 0) is 28.4 Å². The fourth-order valence-corrected chi connectivity index (χ4v) is 3.20. The standard InChI is InChI=1S/C16H16BrN5O2/c17-13-8-19-22-15(18-7-11-2-1-4-21(23)9-11)6-14(20-16(13)22)12-3-5-24-10-12/h1-2,4,6,8-9,12,18H,3,5,7,10H2. The zero-order valence-electron chi connectivity index (χ0n) is 12.9. The lowest BCUT2D eigenvalue weighted by Gasteiger charge is -2.13. The van der Waals surface area contributed by atoms with Gasteiger partial charge in [-0.3, -0.25) is 0 Å². The molecule has 124 valence electrons. The van der Waals surface area contributed by atoms with E-state index in [1.807, 2.05) is 12.1 Å². The summed E-state index contributed by atoms with van der Waals surface area (Å²) < 4.78 is 8.89. The summed E-state index contributed by atoms with van der Waals surface area (Å²) in [7, 11) is 0. The van der Waals surface area contributed by atoms with Crippen LogP contribution >= 0.6 is 15.9 Å². The minimum absolute atomic E-state index is 0.304. The van der Waals surface area contributed by atoms with Crippen LogP contribution in [0.2, 0.25) is 0 Å². The number of nitrogens with one attached hydrogen (secondary N) is 1. The first-order chi connectivity index (χ1) is 11.7. The molecular weight excluding hydrogens is 374 g/mol. The molecule has 24 heavy (non-hydrogen) atoms. The average molecular weight is 390 g/mol. The van der Waals surface area contributed by atoms with E-state index in [1.165, 1.54) is 6.20 Å². The van der Waals surface area contributed by atoms with Gasteiger partial charge in [-0.1, -0.05) is 0 Å². The number of halogens is 1. The Labute approximate surface area is 147 Å². The Bertz CT molecular complexity index is 876. The number of rotatable bonds is 4. The number of ether oxygens (including phenoxy) is 1. The highest BCUT2D eigenvalue weighted by Gasteiger charge is 2.21. The van der Waals surface area contributed by atoms with E-state index < -0.39 is 0 Å². The first-order valence-corrected chi connectivity index (χ1v) is 8.53. The third kappa shape index (κ3) is 2.94. The summed E-state index contributed by atoms with van der Waals surface area (Å²) >= 11 is 3.50. The van der Waals surface area contributed by atoms with Crippen LogP contribution in [0.3, 0.4) is 0 Å². The lowest BCUT2D eigenvalue weighted by molar-refractivity contribution is -0.605. The highest BCUT2D eigenvalue weighted by molar-refractivity contribution is 9.10. The zero-order valence-corrected chi connectivity index (χ0v) is 14.4. The van der Waals surface area contributed by atoms with Crippen LogP contribution < -0.4 is 10.0 Å². The van der Waals surface area contributed by atoms with E-state index in [0.717, 1.165) is 45.0 Å². The summed E-state index contributed by atoms with van der Waals surface area (Å²) in [4.78, 5) is 4.73. The zero-order chi connectivity index (χ0) is 16.5. The minimum Gasteiger partial charge on any atom is -0.619 e. The summed E-state index contributed by atoms with van der Waals surface area (Å²) in [5.41, 5.74) is 2.67. The summed E-state index contributed by atoms with van der Waals surface area (Å²) in [5, 5.41) is 19.1. The second kappa shape index (κ2) is 6.37. The van der Waals surface area contributed by atoms with Crippen molar-refractivity contribution in [2.75, 3.05) is 18.5 Å². The van der Waals surface area contributed by atoms with Gasteiger partial charge in [0.2, 0.25) is 0 Å². The van der Waals surface area contributed by atoms with Crippen molar-refractivity contribution in [2.45, 2.75) is 18.9 Å². The maximum absolute atomic E-state index is 11.4. The third-order valence-corrected chi connectivity index (χ3v) is 4.67. The van der Waals surface area contributed by atoms with E-state index in [1.54, 1.807) is 23.0 Å². The molecule has 0 radical (unpaired) electrons. The van der Waals surface area contributed by atoms with Gasteiger partial charge in [0, 0.05) is 36.8 Å². The minimum atomic E-state index is 0.304. The Morgan fingerprint density at radius 1 is 1.50 bits per heavy atom. The predicted octanol–water partition coefficient (Wildman–Crippen LogP) is 2.24. The van der Waals surface area contributed by atoms with Crippen LogP contribution in [0.1, 0.15) is 23.6 Å². The molecule has 1 unspecified atom stereocenters. The normalized spacial score (nSPS) is 17.5. The summed E-state index contributed by atoms with van der Waals surface area (Å²) in [6, 6.07) is 5.66. The van der Waals surface area contributed by atoms with Gasteiger partial charge in [0.1, 0.15) is 5.82 Å². The van der Waals surface area contributed by atoms with Crippen LogP contribution in [-0.4, -0.2) is 27.8 Å². The molecule has 3 aromatic rings. The van der Waals surface area contributed by atoms with Crippen molar-refractivity contribution in [1.29, 1.82) is 0 Å². The molecule has 4 heterocycles. The van der Waals surface area contributed by atoms with E-state index >= 15 is 0 Å². The average Bonchev–Trinajstić information content (AvgIpc) is 3.23. The molecule has 4 rings (SSSR count). The van der Waals surface area contributed by atoms with Gasteiger partial charge in [-0.2, -0.15) is 14.3 Å². The fourth-order valence-electron chi connectivity index (χ4n) is 2.86. The van der Waals surface area contributed by atoms with E-state index in [2.05, 4.69) is 26.3 Å². The van der Waals surface area contributed by atoms with E-state index in [0.29, 0.717) is 19.1 Å². The lowest BCUT2D eigenvalue weighted by Crippen LogP contribution is -2.25. The summed E-state index contributed by atoms with van der Waals surface area (Å²) in [6.45, 7) is 2.00. The van der Waals surface area contributed by atoms with Gasteiger partial charge in [0.05, 0.1) is 23.0 Å². The Kier molecular flexibility index (Phi) is 4.07. The van der Waals surface area contributed by atoms with Crippen molar-refractivity contribution in [1.82, 2.24) is 14.6 Å². The van der Waals surface area contributed by atoms with Crippen LogP contribution in [0, 0.1) is 5.21 Å². The summed E-state index contributed by atoms with van der Waals surface area (Å²) in [5.74, 6) is 1.15. The van der Waals surface area contributed by atoms with Crippen molar-refractivity contribution >= 4 is 27.4 Å². The van der Waals surface area contributed by atoms with Crippen molar-refractivity contribution in [3.63, 3.8) is 0 Å². The molecular formula is C16H16BrN5O2. The van der Waals surface area contributed by atoms with Gasteiger partial charge in [0.25, 0.3) is 0 Å². The lowest BCUT2D eigenvalue weighted by atomic mass is 10.0. The van der Waals surface area contributed by atoms with Crippen LogP contribution in [-0.2, 0) is 11.3 Å². The highest BCUT2D eigenvalue weighted by Crippen LogP contribution is 2.28. The molecule has 0 spiro atoms. The van der Waals surface area contributed by atoms with E-state index in [4.69, 9.17) is 9.72 Å². The van der Waals surface area contributed by atoms with Crippen LogP contribution in [0.15, 0.2) is 41.3 Å². The molecule has 0 saturated carbocycles. The topological polar surface area (TPSA) is 78.4 Å². The number of hydrogen-bond acceptors (Lipinski definition) is 5. The highest BCUT2D eigenvalue weighted by atomic mass is 79.9. The van der Waals surface area contributed by atoms with Gasteiger partial charge in [0.15, 0.2) is 18.0 Å². The number of nitrogens with zero attached hydrogens (tertiary/aromatic N) is 4. The molecule has 3 aromatic heterocycles. The van der Waals surface area contributed by atoms with Gasteiger partial charge >= 0.3 is 0 Å². The van der Waals surface area contributed by atoms with Crippen LogP contribution in [0.5, 0.6) is 0 Å². The van der Waals surface area contributed by atoms with Crippen molar-refractivity contribution in [3.05, 3.63) is 57.7 Å². The molecule has 0 amide bonds. The monoisotopic (exact) mass is 389 g/mol. The van der Waals surface area contributed by atoms with Crippen molar-refractivity contribution < 1.29 is 9.47 Å². The Hall–Kier alpha value is -2.19. The first-order valence-electron chi connectivity index (χ1n) is 7.74. The molecule has 8 heteroatoms. The molecule has 1 N–H and O–H groups in total. The van der Waals surface area contributed by atoms with Gasteiger partial charge < -0.3 is 15.3 Å².